The molecule has 2 aliphatic heterocycles. The highest BCUT2D eigenvalue weighted by Crippen LogP contribution is 2.39. The van der Waals surface area contributed by atoms with Gasteiger partial charge >= 0.3 is 6.03 Å². The second-order valence-corrected chi connectivity index (χ2v) is 11.6. The number of hydrazine groups is 1. The Morgan fingerprint density at radius 1 is 1.12 bits per heavy atom. The number of fused-ring (bicyclic) bond motifs is 1. The zero-order valence-electron chi connectivity index (χ0n) is 24.3. The number of hydrogen-bond donors (Lipinski definition) is 2. The van der Waals surface area contributed by atoms with Gasteiger partial charge in [0.15, 0.2) is 5.82 Å². The number of carbonyl (C=O) groups excluding carboxylic acids is 2. The molecule has 3 aliphatic rings. The number of aromatic nitrogens is 2. The fraction of sp³-hybridized carbons (Fsp3) is 0.586. The number of benzene rings is 1. The number of amides is 3. The minimum Gasteiger partial charge on any atom is -0.495 e. The number of likely N-dealkylation sites (tertiary alicyclic amines) is 1. The second-order valence-electron chi connectivity index (χ2n) is 11.6. The first-order valence-electron chi connectivity index (χ1n) is 14.4. The van der Waals surface area contributed by atoms with E-state index in [0.29, 0.717) is 41.1 Å². The first-order valence-corrected chi connectivity index (χ1v) is 14.4. The summed E-state index contributed by atoms with van der Waals surface area (Å²) in [4.78, 5) is 39.7. The Morgan fingerprint density at radius 3 is 2.52 bits per heavy atom. The first kappa shape index (κ1) is 27.9. The summed E-state index contributed by atoms with van der Waals surface area (Å²) in [5.41, 5.74) is 1.89. The molecule has 2 aromatic rings. The van der Waals surface area contributed by atoms with Crippen LogP contribution in [0.2, 0.25) is 0 Å². The van der Waals surface area contributed by atoms with Gasteiger partial charge in [-0.2, -0.15) is 4.98 Å². The van der Waals surface area contributed by atoms with E-state index in [9.17, 15) is 9.59 Å². The van der Waals surface area contributed by atoms with Crippen LogP contribution in [0.1, 0.15) is 62.7 Å². The number of anilines is 4. The Morgan fingerprint density at radius 2 is 1.85 bits per heavy atom. The van der Waals surface area contributed by atoms with Crippen molar-refractivity contribution in [1.29, 1.82) is 0 Å². The number of hydrogen-bond acceptors (Lipinski definition) is 8. The summed E-state index contributed by atoms with van der Waals surface area (Å²) >= 11 is 0. The Bertz CT molecular complexity index is 1220. The highest BCUT2D eigenvalue weighted by atomic mass is 16.5. The lowest BCUT2D eigenvalue weighted by Crippen LogP contribution is -2.60. The molecule has 0 bridgehead atoms. The third kappa shape index (κ3) is 5.79. The monoisotopic (exact) mass is 550 g/mol. The van der Waals surface area contributed by atoms with Crippen LogP contribution >= 0.6 is 0 Å². The molecule has 0 spiro atoms. The summed E-state index contributed by atoms with van der Waals surface area (Å²) in [6, 6.07) is 5.69. The van der Waals surface area contributed by atoms with E-state index >= 15 is 0 Å². The predicted octanol–water partition coefficient (Wildman–Crippen LogP) is 4.24. The zero-order valence-corrected chi connectivity index (χ0v) is 24.3. The molecule has 0 atom stereocenters. The maximum Gasteiger partial charge on any atom is 0.343 e. The van der Waals surface area contributed by atoms with Gasteiger partial charge in [-0.15, -0.1) is 0 Å². The summed E-state index contributed by atoms with van der Waals surface area (Å²) in [7, 11) is 5.46. The molecular formula is C29H42N8O3. The van der Waals surface area contributed by atoms with E-state index in [4.69, 9.17) is 9.72 Å². The van der Waals surface area contributed by atoms with Crippen molar-refractivity contribution in [3.05, 3.63) is 30.0 Å². The van der Waals surface area contributed by atoms with Crippen molar-refractivity contribution in [2.24, 2.45) is 5.92 Å². The van der Waals surface area contributed by atoms with Crippen molar-refractivity contribution >= 4 is 35.1 Å². The minimum absolute atomic E-state index is 0.0619. The number of methoxy groups -OCH3 is 1. The number of rotatable bonds is 8. The molecule has 2 fully saturated rings. The topological polar surface area (TPSA) is 106 Å². The van der Waals surface area contributed by atoms with E-state index in [-0.39, 0.29) is 24.0 Å². The molecule has 1 saturated heterocycles. The maximum atomic E-state index is 13.4. The summed E-state index contributed by atoms with van der Waals surface area (Å²) in [6.45, 7) is 6.81. The molecule has 3 amide bonds. The van der Waals surface area contributed by atoms with Crippen molar-refractivity contribution in [2.45, 2.75) is 64.5 Å². The van der Waals surface area contributed by atoms with Crippen LogP contribution < -0.4 is 25.3 Å². The molecule has 1 aromatic carbocycles. The van der Waals surface area contributed by atoms with Gasteiger partial charge in [-0.25, -0.2) is 14.8 Å². The summed E-state index contributed by atoms with van der Waals surface area (Å²) < 4.78 is 5.64. The van der Waals surface area contributed by atoms with Gasteiger partial charge < -0.3 is 20.3 Å². The van der Waals surface area contributed by atoms with Crippen LogP contribution in [-0.2, 0) is 0 Å². The lowest BCUT2D eigenvalue weighted by Gasteiger charge is -2.46. The van der Waals surface area contributed by atoms with E-state index in [2.05, 4.69) is 46.4 Å². The largest absolute Gasteiger partial charge is 0.495 e. The molecule has 1 aromatic heterocycles. The molecular weight excluding hydrogens is 508 g/mol. The molecule has 2 N–H and O–H groups in total. The Labute approximate surface area is 236 Å². The second kappa shape index (κ2) is 11.9. The average molecular weight is 551 g/mol. The van der Waals surface area contributed by atoms with Gasteiger partial charge in [-0.05, 0) is 69.9 Å². The molecule has 5 rings (SSSR count). The minimum atomic E-state index is -0.102. The Kier molecular flexibility index (Phi) is 8.30. The van der Waals surface area contributed by atoms with Crippen LogP contribution in [0.3, 0.4) is 0 Å². The quantitative estimate of drug-likeness (QED) is 0.503. The SMILES string of the molecule is COc1cc(C(=O)NC2CCN(C)CC2)ccc1Nc1ncc2c(n1)N(C1CCCC1)N(CC(C)C)C(=O)N2C. The van der Waals surface area contributed by atoms with Crippen molar-refractivity contribution in [2.75, 3.05) is 56.1 Å². The van der Waals surface area contributed by atoms with Crippen LogP contribution in [0.5, 0.6) is 5.75 Å². The van der Waals surface area contributed by atoms with E-state index < -0.39 is 0 Å². The lowest BCUT2D eigenvalue weighted by atomic mass is 10.0. The molecule has 216 valence electrons. The predicted molar refractivity (Wildman–Crippen MR) is 156 cm³/mol. The zero-order chi connectivity index (χ0) is 28.4. The smallest absolute Gasteiger partial charge is 0.343 e. The Balaban J connectivity index is 1.39. The third-order valence-electron chi connectivity index (χ3n) is 8.07. The molecule has 1 saturated carbocycles. The van der Waals surface area contributed by atoms with Crippen LogP contribution in [-0.4, -0.2) is 84.7 Å². The lowest BCUT2D eigenvalue weighted by molar-refractivity contribution is 0.0916. The molecule has 11 heteroatoms. The number of piperidine rings is 1. The van der Waals surface area contributed by atoms with Gasteiger partial charge in [-0.3, -0.25) is 14.7 Å². The Hall–Kier alpha value is -3.60. The molecule has 1 aliphatic carbocycles. The summed E-state index contributed by atoms with van der Waals surface area (Å²) in [5, 5.41) is 10.4. The standard InChI is InChI=1S/C29H42N8O3/c1-19(2)18-36-29(39)35(4)24-17-30-28(33-26(24)37(36)22-8-6-7-9-22)32-23-11-10-20(16-25(23)40-5)27(38)31-21-12-14-34(3)15-13-21/h10-11,16-17,19,21-22H,6-9,12-15,18H2,1-5H3,(H,31,38)(H,30,32,33). The van der Waals surface area contributed by atoms with Crippen LogP contribution in [0.25, 0.3) is 0 Å². The van der Waals surface area contributed by atoms with Gasteiger partial charge in [-0.1, -0.05) is 26.7 Å². The molecule has 0 unspecified atom stereocenters. The summed E-state index contributed by atoms with van der Waals surface area (Å²) in [6.07, 6.45) is 7.92. The van der Waals surface area contributed by atoms with Crippen molar-refractivity contribution in [3.63, 3.8) is 0 Å². The first-order chi connectivity index (χ1) is 19.2. The van der Waals surface area contributed by atoms with Gasteiger partial charge in [0, 0.05) is 25.2 Å². The van der Waals surface area contributed by atoms with Gasteiger partial charge in [0.2, 0.25) is 5.95 Å². The fourth-order valence-corrected chi connectivity index (χ4v) is 5.82. The van der Waals surface area contributed by atoms with Crippen molar-refractivity contribution in [3.8, 4) is 5.75 Å². The van der Waals surface area contributed by atoms with Crippen LogP contribution in [0, 0.1) is 5.92 Å². The maximum absolute atomic E-state index is 13.4. The van der Waals surface area contributed by atoms with Crippen LogP contribution in [0.4, 0.5) is 27.9 Å². The highest BCUT2D eigenvalue weighted by molar-refractivity contribution is 5.99. The van der Waals surface area contributed by atoms with E-state index in [1.165, 1.54) is 0 Å². The third-order valence-corrected chi connectivity index (χ3v) is 8.07. The number of urea groups is 1. The normalized spacial score (nSPS) is 18.9. The number of nitrogens with one attached hydrogen (secondary N) is 2. The number of carbonyl (C=O) groups is 2. The number of nitrogens with zero attached hydrogens (tertiary/aromatic N) is 6. The molecule has 40 heavy (non-hydrogen) atoms. The van der Waals surface area contributed by atoms with Gasteiger partial charge in [0.1, 0.15) is 11.4 Å². The molecule has 3 heterocycles. The van der Waals surface area contributed by atoms with Gasteiger partial charge in [0.25, 0.3) is 5.91 Å². The fourth-order valence-electron chi connectivity index (χ4n) is 5.82. The van der Waals surface area contributed by atoms with E-state index in [1.807, 2.05) is 11.1 Å². The van der Waals surface area contributed by atoms with Gasteiger partial charge in [0.05, 0.1) is 25.0 Å². The molecule has 0 radical (unpaired) electrons. The van der Waals surface area contributed by atoms with E-state index in [1.54, 1.807) is 37.4 Å². The number of ether oxygens (including phenoxy) is 1. The average Bonchev–Trinajstić information content (AvgIpc) is 3.47. The van der Waals surface area contributed by atoms with Crippen LogP contribution in [0.15, 0.2) is 24.4 Å². The van der Waals surface area contributed by atoms with E-state index in [0.717, 1.165) is 57.4 Å². The van der Waals surface area contributed by atoms with Crippen molar-refractivity contribution in [1.82, 2.24) is 25.2 Å². The molecule has 11 nitrogen and oxygen atoms in total. The highest BCUT2D eigenvalue weighted by Gasteiger charge is 2.40. The summed E-state index contributed by atoms with van der Waals surface area (Å²) in [5.74, 6) is 1.85. The van der Waals surface area contributed by atoms with Crippen molar-refractivity contribution < 1.29 is 14.3 Å².